The third kappa shape index (κ3) is 4.73. The molecule has 2 aromatic rings. The molecule has 0 heterocycles. The minimum Gasteiger partial charge on any atom is -0.482 e. The summed E-state index contributed by atoms with van der Waals surface area (Å²) < 4.78 is 14.2. The number of ketones is 1. The Morgan fingerprint density at radius 1 is 1.10 bits per heavy atom. The Kier molecular flexibility index (Phi) is 6.23. The number of carbonyl (C=O) groups excluding carboxylic acids is 1. The van der Waals surface area contributed by atoms with E-state index < -0.39 is 8.32 Å². The van der Waals surface area contributed by atoms with Crippen molar-refractivity contribution < 1.29 is 14.0 Å². The van der Waals surface area contributed by atoms with Crippen LogP contribution >= 0.6 is 15.9 Å². The Morgan fingerprint density at radius 3 is 2.41 bits per heavy atom. The summed E-state index contributed by atoms with van der Waals surface area (Å²) in [6.07, 6.45) is 3.57. The van der Waals surface area contributed by atoms with Gasteiger partial charge in [0.1, 0.15) is 18.0 Å². The summed E-state index contributed by atoms with van der Waals surface area (Å²) in [6, 6.07) is 13.7. The smallest absolute Gasteiger partial charge is 0.193 e. The van der Waals surface area contributed by atoms with Gasteiger partial charge in [0, 0.05) is 5.56 Å². The van der Waals surface area contributed by atoms with Crippen LogP contribution in [-0.2, 0) is 4.43 Å². The molecule has 1 aliphatic carbocycles. The lowest BCUT2D eigenvalue weighted by Gasteiger charge is -2.42. The van der Waals surface area contributed by atoms with Gasteiger partial charge in [0.05, 0.1) is 4.47 Å². The number of benzene rings is 2. The predicted molar refractivity (Wildman–Crippen MR) is 125 cm³/mol. The lowest BCUT2D eigenvalue weighted by Crippen LogP contribution is -2.45. The number of fused-ring (bicyclic) bond motifs is 1. The normalized spacial score (nSPS) is 19.0. The summed E-state index contributed by atoms with van der Waals surface area (Å²) >= 11 is 3.57. The maximum atomic E-state index is 12.0. The Balaban J connectivity index is 2.05. The molecule has 0 radical (unpaired) electrons. The molecule has 0 amide bonds. The topological polar surface area (TPSA) is 35.5 Å². The molecule has 0 saturated carbocycles. The molecule has 5 heteroatoms. The van der Waals surface area contributed by atoms with Gasteiger partial charge in [0.15, 0.2) is 14.1 Å². The van der Waals surface area contributed by atoms with Crippen molar-refractivity contribution in [1.29, 1.82) is 0 Å². The zero-order valence-electron chi connectivity index (χ0n) is 18.0. The molecular weight excluding hydrogens is 444 g/mol. The highest BCUT2D eigenvalue weighted by atomic mass is 79.9. The number of carbonyl (C=O) groups is 1. The van der Waals surface area contributed by atoms with Gasteiger partial charge in [0.25, 0.3) is 0 Å². The van der Waals surface area contributed by atoms with Crippen molar-refractivity contribution in [2.24, 2.45) is 0 Å². The molecule has 2 atom stereocenters. The van der Waals surface area contributed by atoms with Crippen LogP contribution in [0.3, 0.4) is 0 Å². The standard InChI is InChI=1S/C24H29BrO3Si/c1-16(26)18-12-11-17-13-14-22(27-21-10-8-7-9-20(21)25)23(19(17)15-18)28-29(5,6)24(2,3)4/h7-15,22-23H,1-6H3/t22-,23-/m1/s1. The number of rotatable bonds is 5. The van der Waals surface area contributed by atoms with Gasteiger partial charge in [0.2, 0.25) is 0 Å². The van der Waals surface area contributed by atoms with Crippen molar-refractivity contribution in [2.45, 2.75) is 58.0 Å². The lowest BCUT2D eigenvalue weighted by molar-refractivity contribution is 0.0698. The van der Waals surface area contributed by atoms with Gasteiger partial charge in [-0.3, -0.25) is 4.79 Å². The number of para-hydroxylation sites is 1. The molecule has 0 spiro atoms. The highest BCUT2D eigenvalue weighted by Gasteiger charge is 2.42. The van der Waals surface area contributed by atoms with Gasteiger partial charge in [-0.1, -0.05) is 51.1 Å². The van der Waals surface area contributed by atoms with Crippen molar-refractivity contribution in [3.8, 4) is 5.75 Å². The minimum atomic E-state index is -2.09. The van der Waals surface area contributed by atoms with Gasteiger partial charge >= 0.3 is 0 Å². The molecule has 154 valence electrons. The second-order valence-electron chi connectivity index (χ2n) is 9.07. The summed E-state index contributed by atoms with van der Waals surface area (Å²) in [5.74, 6) is 0.828. The fraction of sp³-hybridized carbons (Fsp3) is 0.375. The van der Waals surface area contributed by atoms with Crippen LogP contribution in [0.4, 0.5) is 0 Å². The lowest BCUT2D eigenvalue weighted by atomic mass is 9.90. The first-order valence-corrected chi connectivity index (χ1v) is 13.6. The van der Waals surface area contributed by atoms with E-state index in [1.807, 2.05) is 42.5 Å². The largest absolute Gasteiger partial charge is 0.482 e. The first-order valence-electron chi connectivity index (χ1n) is 9.92. The first kappa shape index (κ1) is 22.0. The summed E-state index contributed by atoms with van der Waals surface area (Å²) in [7, 11) is -2.09. The van der Waals surface area contributed by atoms with E-state index in [1.54, 1.807) is 6.92 Å². The highest BCUT2D eigenvalue weighted by molar-refractivity contribution is 9.10. The molecule has 0 saturated heterocycles. The number of Topliss-reactive ketones (excluding diaryl/α,β-unsaturated/α-hetero) is 1. The molecule has 29 heavy (non-hydrogen) atoms. The molecule has 0 unspecified atom stereocenters. The molecule has 0 N–H and O–H groups in total. The van der Waals surface area contributed by atoms with Crippen LogP contribution in [-0.4, -0.2) is 20.2 Å². The zero-order valence-corrected chi connectivity index (χ0v) is 20.5. The Morgan fingerprint density at radius 2 is 1.79 bits per heavy atom. The number of halogens is 1. The summed E-state index contributed by atoms with van der Waals surface area (Å²) in [4.78, 5) is 12.0. The molecule has 1 aliphatic rings. The zero-order chi connectivity index (χ0) is 21.4. The molecule has 0 aromatic heterocycles. The van der Waals surface area contributed by atoms with E-state index in [1.165, 1.54) is 0 Å². The van der Waals surface area contributed by atoms with Crippen LogP contribution < -0.4 is 4.74 Å². The van der Waals surface area contributed by atoms with Gasteiger partial charge in [-0.15, -0.1) is 0 Å². The maximum absolute atomic E-state index is 12.0. The van der Waals surface area contributed by atoms with E-state index in [0.29, 0.717) is 5.56 Å². The maximum Gasteiger partial charge on any atom is 0.193 e. The summed E-state index contributed by atoms with van der Waals surface area (Å²) in [5.41, 5.74) is 2.79. The van der Waals surface area contributed by atoms with Crippen molar-refractivity contribution >= 4 is 36.1 Å². The van der Waals surface area contributed by atoms with E-state index in [9.17, 15) is 4.79 Å². The Bertz CT molecular complexity index is 943. The van der Waals surface area contributed by atoms with Crippen LogP contribution in [0.2, 0.25) is 18.1 Å². The SMILES string of the molecule is CC(=O)c1ccc2c(c1)[C@@H](O[Si](C)(C)C(C)(C)C)[C@H](Oc1ccccc1Br)C=C2. The van der Waals surface area contributed by atoms with Crippen molar-refractivity contribution in [3.63, 3.8) is 0 Å². The van der Waals surface area contributed by atoms with Crippen LogP contribution in [0, 0.1) is 0 Å². The van der Waals surface area contributed by atoms with E-state index in [0.717, 1.165) is 21.3 Å². The number of hydrogen-bond donors (Lipinski definition) is 0. The van der Waals surface area contributed by atoms with Gasteiger partial charge in [-0.05, 0) is 76.4 Å². The van der Waals surface area contributed by atoms with E-state index >= 15 is 0 Å². The van der Waals surface area contributed by atoms with Crippen LogP contribution in [0.1, 0.15) is 55.3 Å². The van der Waals surface area contributed by atoms with Crippen LogP contribution in [0.15, 0.2) is 53.0 Å². The second kappa shape index (κ2) is 8.21. The number of ether oxygens (including phenoxy) is 1. The first-order chi connectivity index (χ1) is 13.5. The van der Waals surface area contributed by atoms with Crippen molar-refractivity contribution in [2.75, 3.05) is 0 Å². The van der Waals surface area contributed by atoms with Crippen molar-refractivity contribution in [1.82, 2.24) is 0 Å². The third-order valence-electron chi connectivity index (χ3n) is 5.89. The van der Waals surface area contributed by atoms with E-state index in [4.69, 9.17) is 9.16 Å². The van der Waals surface area contributed by atoms with E-state index in [2.05, 4.69) is 61.9 Å². The molecule has 3 nitrogen and oxygen atoms in total. The summed E-state index contributed by atoms with van der Waals surface area (Å²) in [5, 5.41) is 0.0599. The molecular formula is C24H29BrO3Si. The number of hydrogen-bond acceptors (Lipinski definition) is 3. The van der Waals surface area contributed by atoms with Gasteiger partial charge < -0.3 is 9.16 Å². The van der Waals surface area contributed by atoms with Gasteiger partial charge in [-0.25, -0.2) is 0 Å². The molecule has 3 rings (SSSR count). The van der Waals surface area contributed by atoms with Gasteiger partial charge in [-0.2, -0.15) is 0 Å². The highest BCUT2D eigenvalue weighted by Crippen LogP contribution is 2.43. The van der Waals surface area contributed by atoms with Crippen molar-refractivity contribution in [3.05, 3.63) is 69.7 Å². The Hall–Kier alpha value is -1.69. The molecule has 0 bridgehead atoms. The van der Waals surface area contributed by atoms with E-state index in [-0.39, 0.29) is 23.0 Å². The monoisotopic (exact) mass is 472 g/mol. The molecule has 0 fully saturated rings. The van der Waals surface area contributed by atoms with Crippen LogP contribution in [0.25, 0.3) is 6.08 Å². The fourth-order valence-electron chi connectivity index (χ4n) is 3.08. The average Bonchev–Trinajstić information content (AvgIpc) is 2.63. The summed E-state index contributed by atoms with van der Waals surface area (Å²) in [6.45, 7) is 12.8. The van der Waals surface area contributed by atoms with Crippen LogP contribution in [0.5, 0.6) is 5.75 Å². The molecule has 0 aliphatic heterocycles. The Labute approximate surface area is 183 Å². The fourth-order valence-corrected chi connectivity index (χ4v) is 4.71. The second-order valence-corrected chi connectivity index (χ2v) is 14.7. The quantitative estimate of drug-likeness (QED) is 0.341. The molecule has 2 aromatic carbocycles. The average molecular weight is 473 g/mol. The third-order valence-corrected chi connectivity index (χ3v) is 11.0. The minimum absolute atomic E-state index is 0.0525. The predicted octanol–water partition coefficient (Wildman–Crippen LogP) is 7.19.